The van der Waals surface area contributed by atoms with Gasteiger partial charge in [-0.2, -0.15) is 5.26 Å². The first kappa shape index (κ1) is 19.1. The third kappa shape index (κ3) is 9.98. The molecule has 5 heteroatoms. The molecule has 0 aliphatic heterocycles. The highest BCUT2D eigenvalue weighted by Gasteiger charge is 2.16. The lowest BCUT2D eigenvalue weighted by atomic mass is 10.3. The molecule has 0 unspecified atom stereocenters. The van der Waals surface area contributed by atoms with Crippen LogP contribution >= 0.6 is 0 Å². The molecule has 0 amide bonds. The van der Waals surface area contributed by atoms with E-state index >= 15 is 0 Å². The molecular weight excluding hydrogens is 226 g/mol. The standard InChI is InChI=1S/C11H27N2.C2N3/c1-6-12(7-2)10-11-13(5,8-3)9-4;3-1-5-2-4/h6-11H2,1-5H3;/q+1;-1. The van der Waals surface area contributed by atoms with Crippen LogP contribution in [0.15, 0.2) is 4.99 Å². The fourth-order valence-corrected chi connectivity index (χ4v) is 1.48. The molecule has 0 atom stereocenters. The molecule has 0 fully saturated rings. The average molecular weight is 253 g/mol. The van der Waals surface area contributed by atoms with Crippen molar-refractivity contribution in [2.24, 2.45) is 4.99 Å². The van der Waals surface area contributed by atoms with Crippen molar-refractivity contribution >= 4 is 6.01 Å². The van der Waals surface area contributed by atoms with Gasteiger partial charge >= 0.3 is 0 Å². The predicted molar refractivity (Wildman–Crippen MR) is 76.3 cm³/mol. The Morgan fingerprint density at radius 3 is 1.89 bits per heavy atom. The fourth-order valence-electron chi connectivity index (χ4n) is 1.48. The summed E-state index contributed by atoms with van der Waals surface area (Å²) in [5.74, 6) is 0. The Balaban J connectivity index is 0. The molecule has 0 aliphatic carbocycles. The summed E-state index contributed by atoms with van der Waals surface area (Å²) in [6, 6.07) is 1.28. The van der Waals surface area contributed by atoms with E-state index in [2.05, 4.69) is 44.6 Å². The zero-order valence-corrected chi connectivity index (χ0v) is 12.5. The van der Waals surface area contributed by atoms with Crippen LogP contribution in [-0.2, 0) is 0 Å². The van der Waals surface area contributed by atoms with Crippen molar-refractivity contribution in [3.63, 3.8) is 0 Å². The van der Waals surface area contributed by atoms with Gasteiger partial charge < -0.3 is 14.9 Å². The van der Waals surface area contributed by atoms with Crippen LogP contribution in [0, 0.1) is 11.5 Å². The van der Waals surface area contributed by atoms with Gasteiger partial charge in [0, 0.05) is 6.54 Å². The molecule has 5 nitrogen and oxygen atoms in total. The first-order valence-electron chi connectivity index (χ1n) is 6.57. The SMILES string of the molecule is CCN(CC)CC[N+](C)(CC)CC.N#CN=C=[N-]. The van der Waals surface area contributed by atoms with Gasteiger partial charge in [-0.25, -0.2) is 0 Å². The molecule has 0 aromatic heterocycles. The molecule has 104 valence electrons. The summed E-state index contributed by atoms with van der Waals surface area (Å²) in [5, 5.41) is 14.9. The van der Waals surface area contributed by atoms with Gasteiger partial charge in [0.1, 0.15) is 0 Å². The van der Waals surface area contributed by atoms with E-state index in [1.807, 2.05) is 0 Å². The number of nitrogens with zero attached hydrogens (tertiary/aromatic N) is 5. The minimum atomic E-state index is 1.18. The fraction of sp³-hybridized carbons (Fsp3) is 0.846. The zero-order valence-electron chi connectivity index (χ0n) is 12.5. The van der Waals surface area contributed by atoms with Crippen LogP contribution in [0.4, 0.5) is 0 Å². The van der Waals surface area contributed by atoms with Crippen LogP contribution in [0.5, 0.6) is 0 Å². The van der Waals surface area contributed by atoms with E-state index in [1.165, 1.54) is 56.0 Å². The quantitative estimate of drug-likeness (QED) is 0.396. The molecular formula is C13H27N5. The van der Waals surface area contributed by atoms with Gasteiger partial charge in [0.15, 0.2) is 0 Å². The number of quaternary nitrogens is 1. The Morgan fingerprint density at radius 2 is 1.67 bits per heavy atom. The van der Waals surface area contributed by atoms with E-state index in [0.717, 1.165) is 0 Å². The second kappa shape index (κ2) is 12.3. The molecule has 0 radical (unpaired) electrons. The lowest BCUT2D eigenvalue weighted by Gasteiger charge is -2.34. The molecule has 0 spiro atoms. The van der Waals surface area contributed by atoms with Crippen molar-refractivity contribution in [2.75, 3.05) is 46.3 Å². The van der Waals surface area contributed by atoms with Crippen LogP contribution in [-0.4, -0.2) is 61.7 Å². The summed E-state index contributed by atoms with van der Waals surface area (Å²) in [6.07, 6.45) is 1.28. The first-order chi connectivity index (χ1) is 8.53. The number of likely N-dealkylation sites (N-methyl/N-ethyl adjacent to an activating group) is 2. The highest BCUT2D eigenvalue weighted by Crippen LogP contribution is 2.01. The maximum Gasteiger partial charge on any atom is 0.0925 e. The molecule has 18 heavy (non-hydrogen) atoms. The third-order valence-corrected chi connectivity index (χ3v) is 3.48. The van der Waals surface area contributed by atoms with Crippen LogP contribution in [0.3, 0.4) is 0 Å². The summed E-state index contributed by atoms with van der Waals surface area (Å²) < 4.78 is 1.20. The van der Waals surface area contributed by atoms with Crippen molar-refractivity contribution in [1.29, 1.82) is 5.26 Å². The number of hydrogen-bond donors (Lipinski definition) is 0. The van der Waals surface area contributed by atoms with Crippen molar-refractivity contribution in [1.82, 2.24) is 4.90 Å². The Hall–Kier alpha value is -1.21. The van der Waals surface area contributed by atoms with Gasteiger partial charge in [0.05, 0.1) is 32.9 Å². The van der Waals surface area contributed by atoms with Gasteiger partial charge in [0.25, 0.3) is 0 Å². The second-order valence-corrected chi connectivity index (χ2v) is 4.31. The van der Waals surface area contributed by atoms with Gasteiger partial charge in [-0.1, -0.05) is 13.8 Å². The minimum Gasteiger partial charge on any atom is -0.422 e. The Morgan fingerprint density at radius 1 is 1.17 bits per heavy atom. The van der Waals surface area contributed by atoms with Gasteiger partial charge in [-0.15, -0.1) is 6.01 Å². The van der Waals surface area contributed by atoms with Gasteiger partial charge in [-0.05, 0) is 26.9 Å². The molecule has 0 saturated carbocycles. The number of hydrogen-bond acceptors (Lipinski definition) is 3. The lowest BCUT2D eigenvalue weighted by Crippen LogP contribution is -2.48. The maximum absolute atomic E-state index is 7.43. The van der Waals surface area contributed by atoms with Crippen molar-refractivity contribution in [3.8, 4) is 6.19 Å². The number of rotatable bonds is 7. The molecule has 0 aromatic carbocycles. The molecule has 0 N–H and O–H groups in total. The highest BCUT2D eigenvalue weighted by molar-refractivity contribution is 5.46. The lowest BCUT2D eigenvalue weighted by molar-refractivity contribution is -0.905. The van der Waals surface area contributed by atoms with Crippen LogP contribution in [0.25, 0.3) is 5.41 Å². The Labute approximate surface area is 112 Å². The average Bonchev–Trinajstić information content (AvgIpc) is 2.41. The van der Waals surface area contributed by atoms with E-state index in [4.69, 9.17) is 10.7 Å². The predicted octanol–water partition coefficient (Wildman–Crippen LogP) is 2.03. The summed E-state index contributed by atoms with van der Waals surface area (Å²) in [6.45, 7) is 16.4. The number of nitriles is 1. The van der Waals surface area contributed by atoms with E-state index in [-0.39, 0.29) is 0 Å². The van der Waals surface area contributed by atoms with Gasteiger partial charge in [0.2, 0.25) is 0 Å². The van der Waals surface area contributed by atoms with Crippen LogP contribution < -0.4 is 0 Å². The number of aliphatic imine (C=N–C) groups is 1. The van der Waals surface area contributed by atoms with E-state index in [9.17, 15) is 0 Å². The van der Waals surface area contributed by atoms with Crippen LogP contribution in [0.1, 0.15) is 27.7 Å². The molecule has 0 saturated heterocycles. The largest absolute Gasteiger partial charge is 0.422 e. The smallest absolute Gasteiger partial charge is 0.0925 e. The van der Waals surface area contributed by atoms with Crippen molar-refractivity contribution in [3.05, 3.63) is 5.41 Å². The minimum absolute atomic E-state index is 1.18. The van der Waals surface area contributed by atoms with E-state index < -0.39 is 0 Å². The zero-order chi connectivity index (χ0) is 14.4. The van der Waals surface area contributed by atoms with Gasteiger partial charge in [-0.3, -0.25) is 4.90 Å². The normalized spacial score (nSPS) is 10.1. The van der Waals surface area contributed by atoms with Crippen LogP contribution in [0.2, 0.25) is 0 Å². The highest BCUT2D eigenvalue weighted by atomic mass is 15.3. The summed E-state index contributed by atoms with van der Waals surface area (Å²) >= 11 is 0. The monoisotopic (exact) mass is 253 g/mol. The Bertz CT molecular complexity index is 268. The molecule has 0 aliphatic rings. The molecule has 0 heterocycles. The maximum atomic E-state index is 7.43. The second-order valence-electron chi connectivity index (χ2n) is 4.31. The topological polar surface area (TPSA) is 61.7 Å². The van der Waals surface area contributed by atoms with E-state index in [0.29, 0.717) is 0 Å². The summed E-state index contributed by atoms with van der Waals surface area (Å²) in [4.78, 5) is 5.09. The Kier molecular flexibility index (Phi) is 13.0. The molecule has 0 aromatic rings. The third-order valence-electron chi connectivity index (χ3n) is 3.48. The molecule has 0 bridgehead atoms. The summed E-state index contributed by atoms with van der Waals surface area (Å²) in [5.41, 5.74) is 0. The van der Waals surface area contributed by atoms with Crippen molar-refractivity contribution in [2.45, 2.75) is 27.7 Å². The van der Waals surface area contributed by atoms with Crippen molar-refractivity contribution < 1.29 is 4.48 Å². The first-order valence-corrected chi connectivity index (χ1v) is 6.57. The molecule has 0 rings (SSSR count). The van der Waals surface area contributed by atoms with E-state index in [1.54, 1.807) is 0 Å². The summed E-state index contributed by atoms with van der Waals surface area (Å²) in [7, 11) is 2.35.